The number of hydrogen-bond donors (Lipinski definition) is 2. The minimum Gasteiger partial charge on any atom is -0.350 e. The van der Waals surface area contributed by atoms with Crippen LogP contribution in [0.2, 0.25) is 0 Å². The molecule has 1 atom stereocenters. The molecule has 2 N–H and O–H groups in total. The quantitative estimate of drug-likeness (QED) is 0.696. The molecule has 0 bridgehead atoms. The monoisotopic (exact) mass is 359 g/mol. The summed E-state index contributed by atoms with van der Waals surface area (Å²) in [4.78, 5) is 28.0. The standard InChI is InChI=1S/C21H14FN3O2/c22-13-10-11-16-18(12-13)23-20(27)21(16)24-17-9-5-4-8-15(17)19(26)25(21)14-6-2-1-3-7-14/h1-12,24H,(H,23,27)/t21-/m0/s1. The average molecular weight is 359 g/mol. The van der Waals surface area contributed by atoms with Crippen LogP contribution in [0.3, 0.4) is 0 Å². The fraction of sp³-hybridized carbons (Fsp3) is 0.0476. The van der Waals surface area contributed by atoms with E-state index < -0.39 is 17.4 Å². The Labute approximate surface area is 154 Å². The van der Waals surface area contributed by atoms with Gasteiger partial charge in [0.2, 0.25) is 5.66 Å². The highest BCUT2D eigenvalue weighted by Crippen LogP contribution is 2.47. The summed E-state index contributed by atoms with van der Waals surface area (Å²) in [6, 6.07) is 20.1. The molecule has 6 heteroatoms. The Bertz CT molecular complexity index is 1100. The van der Waals surface area contributed by atoms with E-state index in [-0.39, 0.29) is 5.91 Å². The first-order valence-corrected chi connectivity index (χ1v) is 8.49. The summed E-state index contributed by atoms with van der Waals surface area (Å²) in [7, 11) is 0. The van der Waals surface area contributed by atoms with E-state index in [4.69, 9.17) is 0 Å². The van der Waals surface area contributed by atoms with Crippen LogP contribution in [0, 0.1) is 5.82 Å². The molecule has 5 rings (SSSR count). The van der Waals surface area contributed by atoms with Crippen molar-refractivity contribution in [2.75, 3.05) is 15.5 Å². The maximum atomic E-state index is 13.7. The number of carbonyl (C=O) groups excluding carboxylic acids is 2. The summed E-state index contributed by atoms with van der Waals surface area (Å²) >= 11 is 0. The van der Waals surface area contributed by atoms with Crippen LogP contribution in [-0.4, -0.2) is 11.8 Å². The molecule has 0 aromatic heterocycles. The van der Waals surface area contributed by atoms with E-state index in [1.165, 1.54) is 23.1 Å². The summed E-state index contributed by atoms with van der Waals surface area (Å²) in [6.45, 7) is 0. The van der Waals surface area contributed by atoms with Crippen LogP contribution in [-0.2, 0) is 10.5 Å². The molecular formula is C21H14FN3O2. The zero-order valence-corrected chi connectivity index (χ0v) is 14.1. The molecule has 3 aromatic rings. The number of para-hydroxylation sites is 2. The summed E-state index contributed by atoms with van der Waals surface area (Å²) < 4.78 is 13.7. The molecule has 3 aromatic carbocycles. The number of hydrogen-bond acceptors (Lipinski definition) is 3. The molecule has 1 spiro atoms. The lowest BCUT2D eigenvalue weighted by atomic mass is 9.92. The van der Waals surface area contributed by atoms with Gasteiger partial charge in [-0.05, 0) is 42.5 Å². The summed E-state index contributed by atoms with van der Waals surface area (Å²) in [5.41, 5.74) is 0.950. The van der Waals surface area contributed by atoms with Crippen LogP contribution >= 0.6 is 0 Å². The predicted octanol–water partition coefficient (Wildman–Crippen LogP) is 3.70. The van der Waals surface area contributed by atoms with E-state index in [0.29, 0.717) is 28.2 Å². The van der Waals surface area contributed by atoms with Crippen LogP contribution in [0.5, 0.6) is 0 Å². The minimum absolute atomic E-state index is 0.303. The lowest BCUT2D eigenvalue weighted by Gasteiger charge is -2.44. The fourth-order valence-electron chi connectivity index (χ4n) is 3.81. The van der Waals surface area contributed by atoms with Gasteiger partial charge in [0, 0.05) is 16.9 Å². The van der Waals surface area contributed by atoms with Crippen molar-refractivity contribution in [3.8, 4) is 0 Å². The largest absolute Gasteiger partial charge is 0.350 e. The maximum absolute atomic E-state index is 13.7. The van der Waals surface area contributed by atoms with Gasteiger partial charge < -0.3 is 10.6 Å². The van der Waals surface area contributed by atoms with Gasteiger partial charge in [0.15, 0.2) is 0 Å². The van der Waals surface area contributed by atoms with E-state index in [1.54, 1.807) is 48.5 Å². The molecule has 0 saturated heterocycles. The average Bonchev–Trinajstić information content (AvgIpc) is 2.93. The highest BCUT2D eigenvalue weighted by molar-refractivity contribution is 6.21. The van der Waals surface area contributed by atoms with Crippen LogP contribution in [0.4, 0.5) is 21.5 Å². The van der Waals surface area contributed by atoms with Gasteiger partial charge in [0.25, 0.3) is 11.8 Å². The molecule has 132 valence electrons. The van der Waals surface area contributed by atoms with E-state index in [0.717, 1.165) is 0 Å². The Hall–Kier alpha value is -3.67. The predicted molar refractivity (Wildman–Crippen MR) is 100 cm³/mol. The number of anilines is 3. The van der Waals surface area contributed by atoms with Crippen molar-refractivity contribution in [1.82, 2.24) is 0 Å². The highest BCUT2D eigenvalue weighted by atomic mass is 19.1. The molecule has 0 aliphatic carbocycles. The number of benzene rings is 3. The van der Waals surface area contributed by atoms with E-state index in [1.807, 2.05) is 6.07 Å². The van der Waals surface area contributed by atoms with Crippen LogP contribution in [0.15, 0.2) is 72.8 Å². The van der Waals surface area contributed by atoms with Gasteiger partial charge >= 0.3 is 0 Å². The number of nitrogens with one attached hydrogen (secondary N) is 2. The molecule has 0 radical (unpaired) electrons. The third-order valence-corrected chi connectivity index (χ3v) is 4.97. The van der Waals surface area contributed by atoms with Crippen molar-refractivity contribution in [3.05, 3.63) is 89.7 Å². The number of carbonyl (C=O) groups is 2. The van der Waals surface area contributed by atoms with E-state index >= 15 is 0 Å². The number of fused-ring (bicyclic) bond motifs is 3. The van der Waals surface area contributed by atoms with Crippen molar-refractivity contribution >= 4 is 28.9 Å². The first-order chi connectivity index (χ1) is 13.1. The van der Waals surface area contributed by atoms with Crippen LogP contribution < -0.4 is 15.5 Å². The number of rotatable bonds is 1. The summed E-state index contributed by atoms with van der Waals surface area (Å²) in [5, 5.41) is 5.96. The normalized spacial score (nSPS) is 20.1. The second-order valence-corrected chi connectivity index (χ2v) is 6.50. The van der Waals surface area contributed by atoms with Crippen molar-refractivity contribution in [3.63, 3.8) is 0 Å². The van der Waals surface area contributed by atoms with Crippen molar-refractivity contribution in [2.45, 2.75) is 5.66 Å². The van der Waals surface area contributed by atoms with Crippen LogP contribution in [0.25, 0.3) is 0 Å². The molecule has 27 heavy (non-hydrogen) atoms. The van der Waals surface area contributed by atoms with E-state index in [2.05, 4.69) is 10.6 Å². The lowest BCUT2D eigenvalue weighted by Crippen LogP contribution is -2.61. The molecule has 0 unspecified atom stereocenters. The zero-order chi connectivity index (χ0) is 18.6. The third kappa shape index (κ3) is 2.04. The van der Waals surface area contributed by atoms with Gasteiger partial charge in [-0.25, -0.2) is 4.39 Å². The third-order valence-electron chi connectivity index (χ3n) is 4.97. The Morgan fingerprint density at radius 1 is 0.852 bits per heavy atom. The van der Waals surface area contributed by atoms with Crippen molar-refractivity contribution < 1.29 is 14.0 Å². The molecule has 2 aliphatic rings. The van der Waals surface area contributed by atoms with Gasteiger partial charge in [-0.2, -0.15) is 0 Å². The lowest BCUT2D eigenvalue weighted by molar-refractivity contribution is -0.119. The van der Waals surface area contributed by atoms with Gasteiger partial charge in [0.05, 0.1) is 11.3 Å². The van der Waals surface area contributed by atoms with Gasteiger partial charge in [-0.3, -0.25) is 14.5 Å². The number of halogens is 1. The minimum atomic E-state index is -1.49. The molecule has 0 fully saturated rings. The van der Waals surface area contributed by atoms with Crippen LogP contribution in [0.1, 0.15) is 15.9 Å². The van der Waals surface area contributed by atoms with Gasteiger partial charge in [-0.1, -0.05) is 30.3 Å². The van der Waals surface area contributed by atoms with Gasteiger partial charge in [0.1, 0.15) is 5.82 Å². The Morgan fingerprint density at radius 2 is 1.59 bits per heavy atom. The van der Waals surface area contributed by atoms with E-state index in [9.17, 15) is 14.0 Å². The Morgan fingerprint density at radius 3 is 2.41 bits per heavy atom. The molecule has 5 nitrogen and oxygen atoms in total. The highest BCUT2D eigenvalue weighted by Gasteiger charge is 2.57. The Kier molecular flexibility index (Phi) is 3.12. The summed E-state index contributed by atoms with van der Waals surface area (Å²) in [5.74, 6) is -1.20. The first kappa shape index (κ1) is 15.6. The first-order valence-electron chi connectivity index (χ1n) is 8.49. The Balaban J connectivity index is 1.82. The number of amides is 2. The topological polar surface area (TPSA) is 61.4 Å². The van der Waals surface area contributed by atoms with Crippen molar-refractivity contribution in [2.24, 2.45) is 0 Å². The SMILES string of the molecule is O=C1c2ccccc2N[C@]2(C(=O)Nc3cc(F)ccc32)N1c1ccccc1. The molecule has 0 saturated carbocycles. The molecule has 2 heterocycles. The smallest absolute Gasteiger partial charge is 0.276 e. The van der Waals surface area contributed by atoms with Crippen molar-refractivity contribution in [1.29, 1.82) is 0 Å². The second kappa shape index (κ2) is 5.41. The van der Waals surface area contributed by atoms with Gasteiger partial charge in [-0.15, -0.1) is 0 Å². The molecule has 2 amide bonds. The number of nitrogens with zero attached hydrogens (tertiary/aromatic N) is 1. The maximum Gasteiger partial charge on any atom is 0.276 e. The summed E-state index contributed by atoms with van der Waals surface area (Å²) in [6.07, 6.45) is 0. The fourth-order valence-corrected chi connectivity index (χ4v) is 3.81. The molecular weight excluding hydrogens is 345 g/mol. The second-order valence-electron chi connectivity index (χ2n) is 6.50. The molecule has 2 aliphatic heterocycles. The zero-order valence-electron chi connectivity index (χ0n) is 14.1.